The molecule has 0 radical (unpaired) electrons. The van der Waals surface area contributed by atoms with E-state index in [0.29, 0.717) is 6.04 Å². The van der Waals surface area contributed by atoms with Gasteiger partial charge < -0.3 is 14.6 Å². The molecular weight excluding hydrogens is 302 g/mol. The van der Waals surface area contributed by atoms with E-state index in [2.05, 4.69) is 44.0 Å². The van der Waals surface area contributed by atoms with Crippen molar-refractivity contribution in [1.82, 2.24) is 19.5 Å². The molecule has 3 aromatic rings. The van der Waals surface area contributed by atoms with Crippen LogP contribution in [0.4, 0.5) is 5.82 Å². The van der Waals surface area contributed by atoms with Crippen molar-refractivity contribution in [3.8, 4) is 11.4 Å². The molecule has 3 aromatic heterocycles. The van der Waals surface area contributed by atoms with E-state index in [0.717, 1.165) is 59.9 Å². The van der Waals surface area contributed by atoms with E-state index in [1.807, 2.05) is 19.2 Å². The largest absolute Gasteiger partial charge is 0.381 e. The molecule has 1 fully saturated rings. The summed E-state index contributed by atoms with van der Waals surface area (Å²) < 4.78 is 7.57. The highest BCUT2D eigenvalue weighted by Crippen LogP contribution is 2.27. The average Bonchev–Trinajstić information content (AvgIpc) is 2.93. The van der Waals surface area contributed by atoms with Gasteiger partial charge in [-0.05, 0) is 31.9 Å². The molecule has 4 rings (SSSR count). The van der Waals surface area contributed by atoms with Crippen molar-refractivity contribution in [2.75, 3.05) is 18.5 Å². The Kier molecular flexibility index (Phi) is 3.90. The molecule has 6 heteroatoms. The van der Waals surface area contributed by atoms with Crippen LogP contribution in [0, 0.1) is 6.92 Å². The molecule has 124 valence electrons. The SMILES string of the molecule is Cc1cc(-c2cc3cnc(NC4CCOCC4)cc3n2C)ncn1. The summed E-state index contributed by atoms with van der Waals surface area (Å²) in [5, 5.41) is 4.64. The van der Waals surface area contributed by atoms with Crippen molar-refractivity contribution in [2.24, 2.45) is 7.05 Å². The summed E-state index contributed by atoms with van der Waals surface area (Å²) in [5.41, 5.74) is 4.11. The van der Waals surface area contributed by atoms with E-state index >= 15 is 0 Å². The number of nitrogens with one attached hydrogen (secondary N) is 1. The molecule has 1 saturated heterocycles. The third-order valence-corrected chi connectivity index (χ3v) is 4.57. The number of rotatable bonds is 3. The molecule has 0 atom stereocenters. The third-order valence-electron chi connectivity index (χ3n) is 4.57. The summed E-state index contributed by atoms with van der Waals surface area (Å²) in [6.07, 6.45) is 5.59. The fourth-order valence-corrected chi connectivity index (χ4v) is 3.20. The van der Waals surface area contributed by atoms with Crippen molar-refractivity contribution in [3.05, 3.63) is 36.4 Å². The lowest BCUT2D eigenvalue weighted by Crippen LogP contribution is -2.28. The number of aromatic nitrogens is 4. The van der Waals surface area contributed by atoms with Gasteiger partial charge in [0, 0.05) is 49.6 Å². The second-order valence-corrected chi connectivity index (χ2v) is 6.29. The van der Waals surface area contributed by atoms with Gasteiger partial charge in [0.1, 0.15) is 12.1 Å². The Bertz CT molecular complexity index is 867. The van der Waals surface area contributed by atoms with E-state index in [4.69, 9.17) is 4.74 Å². The zero-order valence-corrected chi connectivity index (χ0v) is 14.0. The molecule has 0 spiro atoms. The van der Waals surface area contributed by atoms with Crippen molar-refractivity contribution in [2.45, 2.75) is 25.8 Å². The minimum Gasteiger partial charge on any atom is -0.381 e. The predicted octanol–water partition coefficient (Wildman–Crippen LogP) is 2.93. The summed E-state index contributed by atoms with van der Waals surface area (Å²) in [4.78, 5) is 13.1. The van der Waals surface area contributed by atoms with Crippen LogP contribution in [0.5, 0.6) is 0 Å². The summed E-state index contributed by atoms with van der Waals surface area (Å²) in [6, 6.07) is 6.68. The molecule has 6 nitrogen and oxygen atoms in total. The fourth-order valence-electron chi connectivity index (χ4n) is 3.20. The molecule has 24 heavy (non-hydrogen) atoms. The summed E-state index contributed by atoms with van der Waals surface area (Å²) in [6.45, 7) is 3.62. The Balaban J connectivity index is 1.68. The van der Waals surface area contributed by atoms with Crippen LogP contribution in [0.15, 0.2) is 30.7 Å². The normalized spacial score (nSPS) is 15.8. The van der Waals surface area contributed by atoms with Crippen molar-refractivity contribution >= 4 is 16.7 Å². The fraction of sp³-hybridized carbons (Fsp3) is 0.389. The third kappa shape index (κ3) is 2.85. The van der Waals surface area contributed by atoms with Gasteiger partial charge in [-0.1, -0.05) is 0 Å². The van der Waals surface area contributed by atoms with Crippen molar-refractivity contribution in [1.29, 1.82) is 0 Å². The maximum Gasteiger partial charge on any atom is 0.128 e. The zero-order chi connectivity index (χ0) is 16.5. The number of hydrogen-bond donors (Lipinski definition) is 1. The van der Waals surface area contributed by atoms with Gasteiger partial charge in [0.05, 0.1) is 16.9 Å². The molecule has 1 aliphatic rings. The Labute approximate surface area is 140 Å². The van der Waals surface area contributed by atoms with E-state index in [1.54, 1.807) is 6.33 Å². The maximum absolute atomic E-state index is 5.41. The highest BCUT2D eigenvalue weighted by atomic mass is 16.5. The molecule has 1 aliphatic heterocycles. The van der Waals surface area contributed by atoms with Crippen LogP contribution in [0.3, 0.4) is 0 Å². The number of hydrogen-bond acceptors (Lipinski definition) is 5. The van der Waals surface area contributed by atoms with Gasteiger partial charge in [-0.3, -0.25) is 0 Å². The first-order valence-electron chi connectivity index (χ1n) is 8.29. The summed E-state index contributed by atoms with van der Waals surface area (Å²) in [5.74, 6) is 0.918. The van der Waals surface area contributed by atoms with Crippen LogP contribution >= 0.6 is 0 Å². The lowest BCUT2D eigenvalue weighted by Gasteiger charge is -2.23. The van der Waals surface area contributed by atoms with Crippen molar-refractivity contribution < 1.29 is 4.74 Å². The molecular formula is C18H21N5O. The quantitative estimate of drug-likeness (QED) is 0.803. The second-order valence-electron chi connectivity index (χ2n) is 6.29. The molecule has 0 bridgehead atoms. The Hall–Kier alpha value is -2.47. The lowest BCUT2D eigenvalue weighted by atomic mass is 10.1. The molecule has 0 aliphatic carbocycles. The average molecular weight is 323 g/mol. The summed E-state index contributed by atoms with van der Waals surface area (Å²) >= 11 is 0. The van der Waals surface area contributed by atoms with Crippen LogP contribution in [-0.4, -0.2) is 38.8 Å². The predicted molar refractivity (Wildman–Crippen MR) is 93.9 cm³/mol. The topological polar surface area (TPSA) is 64.9 Å². The smallest absolute Gasteiger partial charge is 0.128 e. The highest BCUT2D eigenvalue weighted by Gasteiger charge is 2.15. The molecule has 4 heterocycles. The molecule has 0 aromatic carbocycles. The van der Waals surface area contributed by atoms with Gasteiger partial charge in [-0.25, -0.2) is 15.0 Å². The molecule has 0 unspecified atom stereocenters. The van der Waals surface area contributed by atoms with Crippen LogP contribution in [0.2, 0.25) is 0 Å². The van der Waals surface area contributed by atoms with E-state index in [1.165, 1.54) is 0 Å². The number of pyridine rings is 1. The minimum absolute atomic E-state index is 0.438. The number of aryl methyl sites for hydroxylation is 2. The van der Waals surface area contributed by atoms with Gasteiger partial charge in [0.15, 0.2) is 0 Å². The van der Waals surface area contributed by atoms with Gasteiger partial charge >= 0.3 is 0 Å². The first kappa shape index (κ1) is 15.1. The molecule has 0 saturated carbocycles. The van der Waals surface area contributed by atoms with Gasteiger partial charge in [0.2, 0.25) is 0 Å². The van der Waals surface area contributed by atoms with Crippen LogP contribution < -0.4 is 5.32 Å². The Morgan fingerprint density at radius 3 is 2.75 bits per heavy atom. The first-order chi connectivity index (χ1) is 11.7. The van der Waals surface area contributed by atoms with E-state index < -0.39 is 0 Å². The van der Waals surface area contributed by atoms with E-state index in [-0.39, 0.29) is 0 Å². The monoisotopic (exact) mass is 323 g/mol. The second kappa shape index (κ2) is 6.20. The Morgan fingerprint density at radius 2 is 1.96 bits per heavy atom. The van der Waals surface area contributed by atoms with Crippen LogP contribution in [0.1, 0.15) is 18.5 Å². The molecule has 0 amide bonds. The number of nitrogens with zero attached hydrogens (tertiary/aromatic N) is 4. The maximum atomic E-state index is 5.41. The number of fused-ring (bicyclic) bond motifs is 1. The van der Waals surface area contributed by atoms with Crippen LogP contribution in [0.25, 0.3) is 22.3 Å². The molecule has 1 N–H and O–H groups in total. The highest BCUT2D eigenvalue weighted by molar-refractivity contribution is 5.87. The summed E-state index contributed by atoms with van der Waals surface area (Å²) in [7, 11) is 2.06. The lowest BCUT2D eigenvalue weighted by molar-refractivity contribution is 0.0904. The van der Waals surface area contributed by atoms with Crippen LogP contribution in [-0.2, 0) is 11.8 Å². The minimum atomic E-state index is 0.438. The van der Waals surface area contributed by atoms with E-state index in [9.17, 15) is 0 Å². The zero-order valence-electron chi connectivity index (χ0n) is 14.0. The number of anilines is 1. The number of ether oxygens (including phenoxy) is 1. The Morgan fingerprint density at radius 1 is 1.12 bits per heavy atom. The van der Waals surface area contributed by atoms with Gasteiger partial charge in [-0.2, -0.15) is 0 Å². The standard InChI is InChI=1S/C18H21N5O/c1-12-7-15(21-11-20-12)17-8-13-10-19-18(9-16(13)23(17)2)22-14-3-5-24-6-4-14/h7-11,14H,3-6H2,1-2H3,(H,19,22). The van der Waals surface area contributed by atoms with Gasteiger partial charge in [-0.15, -0.1) is 0 Å². The first-order valence-corrected chi connectivity index (χ1v) is 8.29. The van der Waals surface area contributed by atoms with Gasteiger partial charge in [0.25, 0.3) is 0 Å². The van der Waals surface area contributed by atoms with Crippen molar-refractivity contribution in [3.63, 3.8) is 0 Å².